The summed E-state index contributed by atoms with van der Waals surface area (Å²) in [5.41, 5.74) is 1.61. The molecule has 1 unspecified atom stereocenters. The number of amides is 2. The number of non-ortho nitro benzene ring substituents is 1. The van der Waals surface area contributed by atoms with E-state index in [-0.39, 0.29) is 12.1 Å². The van der Waals surface area contributed by atoms with Crippen molar-refractivity contribution in [1.29, 1.82) is 0 Å². The Morgan fingerprint density at radius 3 is 2.35 bits per heavy atom. The van der Waals surface area contributed by atoms with Gasteiger partial charge in [-0.3, -0.25) is 14.9 Å². The zero-order chi connectivity index (χ0) is 22.9. The number of anilines is 1. The average molecular weight is 424 g/mol. The normalized spacial score (nSPS) is 16.0. The second-order valence-electron chi connectivity index (χ2n) is 8.36. The lowest BCUT2D eigenvalue weighted by molar-refractivity contribution is -0.384. The second-order valence-corrected chi connectivity index (χ2v) is 8.36. The molecule has 0 saturated heterocycles. The summed E-state index contributed by atoms with van der Waals surface area (Å²) in [7, 11) is 0. The van der Waals surface area contributed by atoms with Gasteiger partial charge in [0.15, 0.2) is 0 Å². The van der Waals surface area contributed by atoms with E-state index in [4.69, 9.17) is 4.74 Å². The molecule has 1 aliphatic rings. The van der Waals surface area contributed by atoms with Crippen molar-refractivity contribution in [2.24, 2.45) is 0 Å². The molecule has 162 valence electrons. The Labute approximate surface area is 179 Å². The highest BCUT2D eigenvalue weighted by atomic mass is 16.6. The average Bonchev–Trinajstić information content (AvgIpc) is 2.98. The Kier molecular flexibility index (Phi) is 5.94. The summed E-state index contributed by atoms with van der Waals surface area (Å²) < 4.78 is 5.40. The van der Waals surface area contributed by atoms with Crippen LogP contribution in [0.4, 0.5) is 16.2 Å². The van der Waals surface area contributed by atoms with Gasteiger partial charge < -0.3 is 9.84 Å². The Hall–Kier alpha value is -3.52. The van der Waals surface area contributed by atoms with Crippen molar-refractivity contribution < 1.29 is 24.4 Å². The predicted octanol–water partition coefficient (Wildman–Crippen LogP) is 4.77. The van der Waals surface area contributed by atoms with Crippen molar-refractivity contribution in [1.82, 2.24) is 0 Å². The molecular formula is C23H24N2O6. The molecule has 0 bridgehead atoms. The molecule has 1 N–H and O–H groups in total. The van der Waals surface area contributed by atoms with Gasteiger partial charge in [-0.05, 0) is 57.9 Å². The number of hydrogen-bond acceptors (Lipinski definition) is 6. The van der Waals surface area contributed by atoms with E-state index >= 15 is 0 Å². The number of fused-ring (bicyclic) bond motifs is 1. The lowest BCUT2D eigenvalue weighted by Gasteiger charge is -2.23. The van der Waals surface area contributed by atoms with Gasteiger partial charge >= 0.3 is 6.09 Å². The first-order valence-corrected chi connectivity index (χ1v) is 9.78. The number of ether oxygens (including phenoxy) is 1. The molecule has 8 nitrogen and oxygen atoms in total. The summed E-state index contributed by atoms with van der Waals surface area (Å²) in [5.74, 6) is -0.510. The molecule has 0 aliphatic carbocycles. The van der Waals surface area contributed by atoms with Crippen molar-refractivity contribution in [3.8, 4) is 0 Å². The van der Waals surface area contributed by atoms with E-state index in [1.165, 1.54) is 24.3 Å². The molecule has 0 radical (unpaired) electrons. The van der Waals surface area contributed by atoms with Crippen LogP contribution in [0.25, 0.3) is 5.57 Å². The van der Waals surface area contributed by atoms with Crippen LogP contribution in [0.15, 0.2) is 54.1 Å². The number of para-hydroxylation sites is 1. The highest BCUT2D eigenvalue weighted by molar-refractivity contribution is 6.39. The first-order chi connectivity index (χ1) is 14.5. The lowest BCUT2D eigenvalue weighted by Crippen LogP contribution is -2.38. The first kappa shape index (κ1) is 22.2. The van der Waals surface area contributed by atoms with Crippen molar-refractivity contribution in [2.75, 3.05) is 4.90 Å². The predicted molar refractivity (Wildman–Crippen MR) is 115 cm³/mol. The zero-order valence-corrected chi connectivity index (χ0v) is 17.8. The monoisotopic (exact) mass is 424 g/mol. The van der Waals surface area contributed by atoms with Gasteiger partial charge in [0, 0.05) is 23.3 Å². The minimum Gasteiger partial charge on any atom is -0.443 e. The van der Waals surface area contributed by atoms with Crippen LogP contribution in [0.5, 0.6) is 0 Å². The molecule has 0 aromatic heterocycles. The minimum absolute atomic E-state index is 0.0704. The van der Waals surface area contributed by atoms with Crippen molar-refractivity contribution in [2.45, 2.75) is 45.8 Å². The maximum absolute atomic E-state index is 13.2. The third kappa shape index (κ3) is 4.64. The molecule has 0 fully saturated rings. The van der Waals surface area contributed by atoms with Gasteiger partial charge in [0.2, 0.25) is 0 Å². The molecule has 0 spiro atoms. The van der Waals surface area contributed by atoms with Crippen molar-refractivity contribution >= 4 is 28.9 Å². The van der Waals surface area contributed by atoms with E-state index in [1.807, 2.05) is 0 Å². The van der Waals surface area contributed by atoms with Crippen LogP contribution in [0, 0.1) is 10.1 Å². The smallest absolute Gasteiger partial charge is 0.422 e. The molecule has 1 atom stereocenters. The van der Waals surface area contributed by atoms with E-state index in [1.54, 1.807) is 52.0 Å². The van der Waals surface area contributed by atoms with Gasteiger partial charge in [0.05, 0.1) is 16.7 Å². The number of rotatable bonds is 4. The van der Waals surface area contributed by atoms with Crippen LogP contribution in [0.2, 0.25) is 0 Å². The number of aliphatic hydroxyl groups excluding tert-OH is 1. The fourth-order valence-corrected chi connectivity index (χ4v) is 3.45. The van der Waals surface area contributed by atoms with E-state index < -0.39 is 28.6 Å². The van der Waals surface area contributed by atoms with E-state index in [0.29, 0.717) is 28.0 Å². The van der Waals surface area contributed by atoms with Gasteiger partial charge in [0.1, 0.15) is 5.60 Å². The first-order valence-electron chi connectivity index (χ1n) is 9.78. The van der Waals surface area contributed by atoms with E-state index in [2.05, 4.69) is 0 Å². The van der Waals surface area contributed by atoms with Crippen LogP contribution in [0.1, 0.15) is 51.3 Å². The number of carbonyl (C=O) groups excluding carboxylic acids is 2. The highest BCUT2D eigenvalue weighted by Crippen LogP contribution is 2.40. The van der Waals surface area contributed by atoms with Crippen LogP contribution in [0.3, 0.4) is 0 Å². The van der Waals surface area contributed by atoms with Gasteiger partial charge in [-0.2, -0.15) is 0 Å². The number of benzene rings is 2. The van der Waals surface area contributed by atoms with Gasteiger partial charge in [0.25, 0.3) is 11.6 Å². The Balaban J connectivity index is 1.92. The molecule has 1 heterocycles. The van der Waals surface area contributed by atoms with Gasteiger partial charge in [-0.15, -0.1) is 0 Å². The third-order valence-corrected chi connectivity index (χ3v) is 4.82. The molecular weight excluding hydrogens is 400 g/mol. The minimum atomic E-state index is -0.969. The van der Waals surface area contributed by atoms with Crippen LogP contribution < -0.4 is 4.90 Å². The molecule has 2 aromatic carbocycles. The van der Waals surface area contributed by atoms with Gasteiger partial charge in [-0.25, -0.2) is 9.69 Å². The van der Waals surface area contributed by atoms with E-state index in [9.17, 15) is 24.8 Å². The number of hydrogen-bond donors (Lipinski definition) is 1. The summed E-state index contributed by atoms with van der Waals surface area (Å²) in [5, 5.41) is 21.4. The van der Waals surface area contributed by atoms with Gasteiger partial charge in [-0.1, -0.05) is 23.8 Å². The molecule has 3 rings (SSSR count). The summed E-state index contributed by atoms with van der Waals surface area (Å²) in [6.45, 7) is 6.89. The van der Waals surface area contributed by atoms with Crippen LogP contribution in [-0.2, 0) is 9.53 Å². The van der Waals surface area contributed by atoms with Crippen LogP contribution >= 0.6 is 0 Å². The molecule has 0 saturated carbocycles. The molecule has 31 heavy (non-hydrogen) atoms. The van der Waals surface area contributed by atoms with Crippen molar-refractivity contribution in [3.63, 3.8) is 0 Å². The number of imide groups is 1. The largest absolute Gasteiger partial charge is 0.443 e. The Morgan fingerprint density at radius 2 is 1.77 bits per heavy atom. The number of nitro groups is 1. The SMILES string of the molecule is C/C(CC(O)c1ccc([N+](=O)[O-])cc1)=C1/C(=O)N(C(=O)OC(C)(C)C)c2ccccc21. The summed E-state index contributed by atoms with van der Waals surface area (Å²) in [6.07, 6.45) is -1.61. The molecule has 1 aliphatic heterocycles. The number of carbonyl (C=O) groups is 2. The maximum Gasteiger partial charge on any atom is 0.422 e. The topological polar surface area (TPSA) is 110 Å². The van der Waals surface area contributed by atoms with Crippen LogP contribution in [-0.4, -0.2) is 27.6 Å². The maximum atomic E-state index is 13.2. The lowest BCUT2D eigenvalue weighted by atomic mass is 9.95. The Morgan fingerprint density at radius 1 is 1.16 bits per heavy atom. The summed E-state index contributed by atoms with van der Waals surface area (Å²) in [4.78, 5) is 37.2. The fourth-order valence-electron chi connectivity index (χ4n) is 3.45. The molecule has 2 amide bonds. The summed E-state index contributed by atoms with van der Waals surface area (Å²) >= 11 is 0. The Bertz CT molecular complexity index is 1070. The quantitative estimate of drug-likeness (QED) is 0.430. The fraction of sp³-hybridized carbons (Fsp3) is 0.304. The zero-order valence-electron chi connectivity index (χ0n) is 17.8. The second kappa shape index (κ2) is 8.31. The molecule has 2 aromatic rings. The standard InChI is InChI=1S/C23H24N2O6/c1-14(13-19(26)15-9-11-16(12-10-15)25(29)30)20-17-7-5-6-8-18(17)24(21(20)27)22(28)31-23(2,3)4/h5-12,19,26H,13H2,1-4H3/b20-14-. The molecule has 8 heteroatoms. The highest BCUT2D eigenvalue weighted by Gasteiger charge is 2.40. The number of aliphatic hydroxyl groups is 1. The van der Waals surface area contributed by atoms with E-state index in [0.717, 1.165) is 4.90 Å². The van der Waals surface area contributed by atoms with Crippen molar-refractivity contribution in [3.05, 3.63) is 75.3 Å². The summed E-state index contributed by atoms with van der Waals surface area (Å²) in [6, 6.07) is 12.5. The number of nitro benzene ring substituents is 1. The number of nitrogens with zero attached hydrogens (tertiary/aromatic N) is 2. The third-order valence-electron chi connectivity index (χ3n) is 4.82.